The van der Waals surface area contributed by atoms with Crippen LogP contribution in [0.15, 0.2) is 48.6 Å². The summed E-state index contributed by atoms with van der Waals surface area (Å²) in [6.45, 7) is 4.59. The van der Waals surface area contributed by atoms with Crippen LogP contribution in [-0.4, -0.2) is 75.5 Å². The molecule has 348 valence electrons. The fourth-order valence-electron chi connectivity index (χ4n) is 7.10. The summed E-state index contributed by atoms with van der Waals surface area (Å²) in [6, 6.07) is -0.735. The second-order valence-corrected chi connectivity index (χ2v) is 17.7. The van der Waals surface area contributed by atoms with Crippen LogP contribution < -0.4 is 5.11 Å². The molecule has 0 aromatic heterocycles. The molecule has 0 aliphatic carbocycles. The Labute approximate surface area is 369 Å². The van der Waals surface area contributed by atoms with Crippen LogP contribution in [-0.2, 0) is 28.6 Å². The second-order valence-electron chi connectivity index (χ2n) is 17.7. The van der Waals surface area contributed by atoms with Gasteiger partial charge in [-0.3, -0.25) is 9.59 Å². The number of esters is 2. The van der Waals surface area contributed by atoms with Crippen molar-refractivity contribution in [2.24, 2.45) is 0 Å². The van der Waals surface area contributed by atoms with Gasteiger partial charge < -0.3 is 28.6 Å². The van der Waals surface area contributed by atoms with Gasteiger partial charge in [0.05, 0.1) is 40.3 Å². The van der Waals surface area contributed by atoms with Gasteiger partial charge in [-0.15, -0.1) is 0 Å². The molecule has 0 aromatic carbocycles. The lowest BCUT2D eigenvalue weighted by Crippen LogP contribution is -2.55. The third-order valence-electron chi connectivity index (χ3n) is 11.0. The topological polar surface area (TPSA) is 102 Å². The Morgan fingerprint density at radius 2 is 0.917 bits per heavy atom. The Balaban J connectivity index is 4.30. The van der Waals surface area contributed by atoms with E-state index in [0.29, 0.717) is 12.8 Å². The van der Waals surface area contributed by atoms with Crippen LogP contribution in [0.4, 0.5) is 0 Å². The van der Waals surface area contributed by atoms with Crippen molar-refractivity contribution in [3.8, 4) is 0 Å². The maximum absolute atomic E-state index is 12.8. The number of rotatable bonds is 44. The third kappa shape index (κ3) is 40.7. The Morgan fingerprint density at radius 3 is 1.35 bits per heavy atom. The molecular weight excluding hydrogens is 751 g/mol. The van der Waals surface area contributed by atoms with Gasteiger partial charge >= 0.3 is 11.9 Å². The smallest absolute Gasteiger partial charge is 0.306 e. The maximum atomic E-state index is 12.8. The monoisotopic (exact) mass is 844 g/mol. The Morgan fingerprint density at radius 1 is 0.500 bits per heavy atom. The molecular formula is C52H93NO7. The minimum absolute atomic E-state index is 0.0200. The van der Waals surface area contributed by atoms with Crippen LogP contribution in [0.1, 0.15) is 213 Å². The number of carbonyl (C=O) groups is 3. The van der Waals surface area contributed by atoms with Crippen molar-refractivity contribution < 1.29 is 38.2 Å². The number of carboxylic acid groups (broad SMARTS) is 1. The second kappa shape index (κ2) is 43.0. The summed E-state index contributed by atoms with van der Waals surface area (Å²) in [4.78, 5) is 36.9. The molecule has 0 N–H and O–H groups in total. The number of likely N-dealkylation sites (N-methyl/N-ethyl adjacent to an activating group) is 1. The van der Waals surface area contributed by atoms with Gasteiger partial charge in [-0.2, -0.15) is 0 Å². The molecule has 0 rings (SSSR count). The van der Waals surface area contributed by atoms with Crippen molar-refractivity contribution in [2.45, 2.75) is 225 Å². The summed E-state index contributed by atoms with van der Waals surface area (Å²) < 4.78 is 17.1. The van der Waals surface area contributed by atoms with E-state index < -0.39 is 18.1 Å². The van der Waals surface area contributed by atoms with Crippen LogP contribution in [0.2, 0.25) is 0 Å². The third-order valence-corrected chi connectivity index (χ3v) is 11.0. The van der Waals surface area contributed by atoms with Crippen LogP contribution in [0.3, 0.4) is 0 Å². The van der Waals surface area contributed by atoms with E-state index in [-0.39, 0.29) is 49.1 Å². The van der Waals surface area contributed by atoms with Crippen LogP contribution in [0.5, 0.6) is 0 Å². The van der Waals surface area contributed by atoms with Gasteiger partial charge in [0.2, 0.25) is 0 Å². The highest BCUT2D eigenvalue weighted by molar-refractivity contribution is 5.70. The molecule has 2 atom stereocenters. The molecule has 8 heteroatoms. The van der Waals surface area contributed by atoms with Gasteiger partial charge in [-0.25, -0.2) is 0 Å². The number of unbranched alkanes of at least 4 members (excludes halogenated alkanes) is 22. The lowest BCUT2D eigenvalue weighted by molar-refractivity contribution is -0.889. The predicted molar refractivity (Wildman–Crippen MR) is 250 cm³/mol. The van der Waals surface area contributed by atoms with Crippen molar-refractivity contribution in [3.05, 3.63) is 48.6 Å². The molecule has 60 heavy (non-hydrogen) atoms. The largest absolute Gasteiger partial charge is 0.544 e. The number of quaternary nitrogens is 1. The minimum Gasteiger partial charge on any atom is -0.544 e. The zero-order chi connectivity index (χ0) is 44.2. The normalized spacial score (nSPS) is 13.3. The highest BCUT2D eigenvalue weighted by Gasteiger charge is 2.25. The zero-order valence-electron chi connectivity index (χ0n) is 39.6. The van der Waals surface area contributed by atoms with E-state index in [1.54, 1.807) is 21.1 Å². The molecule has 0 aliphatic rings. The highest BCUT2D eigenvalue weighted by atomic mass is 16.6. The Hall–Kier alpha value is -2.71. The zero-order valence-corrected chi connectivity index (χ0v) is 39.6. The van der Waals surface area contributed by atoms with Gasteiger partial charge in [0.15, 0.2) is 6.10 Å². The number of nitrogens with zero attached hydrogens (tertiary/aromatic N) is 1. The van der Waals surface area contributed by atoms with E-state index >= 15 is 0 Å². The summed E-state index contributed by atoms with van der Waals surface area (Å²) in [5.74, 6) is -1.83. The molecule has 0 spiro atoms. The van der Waals surface area contributed by atoms with Gasteiger partial charge in [0, 0.05) is 19.3 Å². The maximum Gasteiger partial charge on any atom is 0.306 e. The van der Waals surface area contributed by atoms with Crippen LogP contribution in [0, 0.1) is 0 Å². The first-order chi connectivity index (χ1) is 29.1. The summed E-state index contributed by atoms with van der Waals surface area (Å²) >= 11 is 0. The van der Waals surface area contributed by atoms with E-state index in [4.69, 9.17) is 14.2 Å². The van der Waals surface area contributed by atoms with Crippen molar-refractivity contribution in [1.82, 2.24) is 0 Å². The summed E-state index contributed by atoms with van der Waals surface area (Å²) in [5, 5.41) is 11.6. The summed E-state index contributed by atoms with van der Waals surface area (Å²) in [7, 11) is 5.39. The van der Waals surface area contributed by atoms with E-state index in [2.05, 4.69) is 56.4 Å². The number of carboxylic acids is 1. The standard InChI is InChI=1S/C52H93NO7/c1-6-8-10-12-14-16-18-20-21-22-23-24-25-26-27-28-29-31-33-35-37-39-41-43-51(55)60-48(46-58-45-44-49(52(56)57)53(3,4)5)47-59-50(54)42-40-38-36-34-32-30-19-17-15-13-11-9-7-2/h23-24,26-27,30,32,36,38,48-49H,6-22,25,28-29,31,33-35,37,39-47H2,1-5H3/b24-23+,27-26+,32-30+,38-36+. The number of carbonyl (C=O) groups excluding carboxylic acids is 3. The lowest BCUT2D eigenvalue weighted by Gasteiger charge is -2.34. The van der Waals surface area contributed by atoms with Gasteiger partial charge in [0.1, 0.15) is 12.6 Å². The first kappa shape index (κ1) is 57.3. The number of allylic oxidation sites excluding steroid dienone is 8. The Kier molecular flexibility index (Phi) is 41.0. The van der Waals surface area contributed by atoms with Gasteiger partial charge in [-0.05, 0) is 64.2 Å². The van der Waals surface area contributed by atoms with Crippen molar-refractivity contribution >= 4 is 17.9 Å². The average molecular weight is 844 g/mol. The summed E-state index contributed by atoms with van der Waals surface area (Å²) in [6.07, 6.45) is 51.6. The fraction of sp³-hybridized carbons (Fsp3) is 0.788. The van der Waals surface area contributed by atoms with Gasteiger partial charge in [0.25, 0.3) is 0 Å². The van der Waals surface area contributed by atoms with E-state index in [1.807, 2.05) is 6.08 Å². The number of hydrogen-bond acceptors (Lipinski definition) is 7. The van der Waals surface area contributed by atoms with Gasteiger partial charge in [-0.1, -0.05) is 178 Å². The molecule has 0 aliphatic heterocycles. The van der Waals surface area contributed by atoms with E-state index in [0.717, 1.165) is 51.4 Å². The minimum atomic E-state index is -1.13. The molecule has 0 fully saturated rings. The number of ether oxygens (including phenoxy) is 3. The first-order valence-corrected chi connectivity index (χ1v) is 24.7. The molecule has 0 saturated heterocycles. The van der Waals surface area contributed by atoms with Crippen molar-refractivity contribution in [3.63, 3.8) is 0 Å². The fourth-order valence-corrected chi connectivity index (χ4v) is 7.10. The molecule has 0 saturated carbocycles. The molecule has 0 radical (unpaired) electrons. The summed E-state index contributed by atoms with van der Waals surface area (Å²) in [5.41, 5.74) is 0. The average Bonchev–Trinajstić information content (AvgIpc) is 3.21. The predicted octanol–water partition coefficient (Wildman–Crippen LogP) is 12.6. The van der Waals surface area contributed by atoms with Crippen LogP contribution in [0.25, 0.3) is 0 Å². The first-order valence-electron chi connectivity index (χ1n) is 24.7. The molecule has 8 nitrogen and oxygen atoms in total. The number of hydrogen-bond donors (Lipinski definition) is 0. The van der Waals surface area contributed by atoms with E-state index in [1.165, 1.54) is 122 Å². The van der Waals surface area contributed by atoms with Crippen molar-refractivity contribution in [1.29, 1.82) is 0 Å². The SMILES string of the molecule is CCCCCCCC/C=C/C/C=C/CCC(=O)OCC(COCCC(C(=O)[O-])[N+](C)(C)C)OC(=O)CCCCCCCCC/C=C/C/C=C/CCCCCCCCCCC. The Bertz CT molecular complexity index is 1120. The van der Waals surface area contributed by atoms with E-state index in [9.17, 15) is 19.5 Å². The molecule has 0 bridgehead atoms. The van der Waals surface area contributed by atoms with Crippen LogP contribution >= 0.6 is 0 Å². The lowest BCUT2D eigenvalue weighted by atomic mass is 10.1. The molecule has 0 aromatic rings. The highest BCUT2D eigenvalue weighted by Crippen LogP contribution is 2.14. The quantitative estimate of drug-likeness (QED) is 0.0260. The molecule has 2 unspecified atom stereocenters. The van der Waals surface area contributed by atoms with Crippen molar-refractivity contribution in [2.75, 3.05) is 41.0 Å². The molecule has 0 amide bonds. The number of aliphatic carboxylic acids is 1. The molecule has 0 heterocycles.